The average Bonchev–Trinajstić information content (AvgIpc) is 3.15. The van der Waals surface area contributed by atoms with E-state index in [0.29, 0.717) is 5.89 Å². The molecule has 0 fully saturated rings. The Kier molecular flexibility index (Phi) is 5.02. The van der Waals surface area contributed by atoms with E-state index in [1.54, 1.807) is 6.07 Å². The van der Waals surface area contributed by atoms with Crippen molar-refractivity contribution in [1.82, 2.24) is 10.3 Å². The van der Waals surface area contributed by atoms with Gasteiger partial charge in [-0.15, -0.1) is 0 Å². The molecule has 0 spiro atoms. The van der Waals surface area contributed by atoms with Gasteiger partial charge in [0.25, 0.3) is 11.6 Å². The van der Waals surface area contributed by atoms with Crippen molar-refractivity contribution in [2.75, 3.05) is 0 Å². The van der Waals surface area contributed by atoms with Crippen LogP contribution >= 0.6 is 0 Å². The van der Waals surface area contributed by atoms with Gasteiger partial charge in [0.15, 0.2) is 5.58 Å². The quantitative estimate of drug-likeness (QED) is 0.377. The molecule has 1 N–H and O–H groups in total. The van der Waals surface area contributed by atoms with Crippen LogP contribution in [0.3, 0.4) is 0 Å². The van der Waals surface area contributed by atoms with Crippen LogP contribution < -0.4 is 5.32 Å². The fourth-order valence-corrected chi connectivity index (χ4v) is 3.17. The minimum Gasteiger partial charge on any atom is -0.436 e. The Balaban J connectivity index is 1.48. The van der Waals surface area contributed by atoms with Gasteiger partial charge < -0.3 is 9.73 Å². The number of hydrogen-bond donors (Lipinski definition) is 1. The number of amides is 1. The molecule has 0 atom stereocenters. The lowest BCUT2D eigenvalue weighted by atomic mass is 10.1. The molecule has 0 radical (unpaired) electrons. The van der Waals surface area contributed by atoms with E-state index in [1.165, 1.54) is 18.2 Å². The monoisotopic (exact) mass is 401 g/mol. The third kappa shape index (κ3) is 3.77. The number of rotatable bonds is 5. The Morgan fingerprint density at radius 1 is 1.07 bits per heavy atom. The maximum Gasteiger partial charge on any atom is 0.282 e. The van der Waals surface area contributed by atoms with Crippen LogP contribution in [0.2, 0.25) is 0 Å². The van der Waals surface area contributed by atoms with Crippen molar-refractivity contribution < 1.29 is 14.1 Å². The standard InChI is InChI=1S/C23H19N3O4/c1-14-11-19-21(12-15(14)2)30-23(25-19)17-9-7-16(8-10-17)13-24-22(27)18-5-3-4-6-20(18)26(28)29/h3-12H,13H2,1-2H3,(H,24,27). The number of para-hydroxylation sites is 1. The number of nitrogens with zero attached hydrogens (tertiary/aromatic N) is 2. The van der Waals surface area contributed by atoms with Crippen molar-refractivity contribution in [3.63, 3.8) is 0 Å². The van der Waals surface area contributed by atoms with Gasteiger partial charge in [-0.3, -0.25) is 14.9 Å². The molecule has 0 saturated heterocycles. The van der Waals surface area contributed by atoms with E-state index < -0.39 is 10.8 Å². The second kappa shape index (κ2) is 7.79. The maximum atomic E-state index is 12.3. The second-order valence-electron chi connectivity index (χ2n) is 7.08. The molecular formula is C23H19N3O4. The predicted molar refractivity (Wildman–Crippen MR) is 113 cm³/mol. The summed E-state index contributed by atoms with van der Waals surface area (Å²) in [4.78, 5) is 27.4. The van der Waals surface area contributed by atoms with Gasteiger partial charge in [-0.25, -0.2) is 4.98 Å². The van der Waals surface area contributed by atoms with E-state index >= 15 is 0 Å². The zero-order valence-corrected chi connectivity index (χ0v) is 16.5. The van der Waals surface area contributed by atoms with Crippen LogP contribution in [0.15, 0.2) is 65.1 Å². The molecule has 0 aliphatic heterocycles. The molecule has 7 heteroatoms. The molecule has 7 nitrogen and oxygen atoms in total. The smallest absolute Gasteiger partial charge is 0.282 e. The van der Waals surface area contributed by atoms with Gasteiger partial charge in [-0.2, -0.15) is 0 Å². The van der Waals surface area contributed by atoms with E-state index in [2.05, 4.69) is 10.3 Å². The fraction of sp³-hybridized carbons (Fsp3) is 0.130. The molecule has 0 aliphatic carbocycles. The number of fused-ring (bicyclic) bond motifs is 1. The van der Waals surface area contributed by atoms with Crippen LogP contribution in [-0.4, -0.2) is 15.8 Å². The highest BCUT2D eigenvalue weighted by molar-refractivity contribution is 5.98. The minimum absolute atomic E-state index is 0.0381. The summed E-state index contributed by atoms with van der Waals surface area (Å²) in [6.07, 6.45) is 0. The second-order valence-corrected chi connectivity index (χ2v) is 7.08. The first-order valence-electron chi connectivity index (χ1n) is 9.41. The number of hydrogen-bond acceptors (Lipinski definition) is 5. The first-order valence-corrected chi connectivity index (χ1v) is 9.41. The van der Waals surface area contributed by atoms with Crippen LogP contribution in [-0.2, 0) is 6.54 Å². The summed E-state index contributed by atoms with van der Waals surface area (Å²) in [5, 5.41) is 13.8. The summed E-state index contributed by atoms with van der Waals surface area (Å²) in [5.74, 6) is 0.0431. The predicted octanol–water partition coefficient (Wildman–Crippen LogP) is 4.95. The molecule has 0 unspecified atom stereocenters. The SMILES string of the molecule is Cc1cc2nc(-c3ccc(CNC(=O)c4ccccc4[N+](=O)[O-])cc3)oc2cc1C. The Bertz CT molecular complexity index is 1220. The Morgan fingerprint density at radius 2 is 1.77 bits per heavy atom. The largest absolute Gasteiger partial charge is 0.436 e. The van der Waals surface area contributed by atoms with E-state index in [9.17, 15) is 14.9 Å². The van der Waals surface area contributed by atoms with Crippen LogP contribution in [0.4, 0.5) is 5.69 Å². The van der Waals surface area contributed by atoms with Crippen LogP contribution in [0, 0.1) is 24.0 Å². The van der Waals surface area contributed by atoms with Crippen molar-refractivity contribution in [2.24, 2.45) is 0 Å². The normalized spacial score (nSPS) is 10.9. The van der Waals surface area contributed by atoms with Gasteiger partial charge in [0, 0.05) is 18.2 Å². The number of oxazole rings is 1. The topological polar surface area (TPSA) is 98.3 Å². The third-order valence-electron chi connectivity index (χ3n) is 5.00. The summed E-state index contributed by atoms with van der Waals surface area (Å²) < 4.78 is 5.88. The number of aryl methyl sites for hydroxylation is 2. The van der Waals surface area contributed by atoms with E-state index in [-0.39, 0.29) is 17.8 Å². The molecule has 1 heterocycles. The molecule has 3 aromatic carbocycles. The average molecular weight is 401 g/mol. The zero-order chi connectivity index (χ0) is 21.3. The van der Waals surface area contributed by atoms with E-state index in [4.69, 9.17) is 4.42 Å². The number of benzene rings is 3. The van der Waals surface area contributed by atoms with Crippen LogP contribution in [0.25, 0.3) is 22.6 Å². The van der Waals surface area contributed by atoms with E-state index in [1.807, 2.05) is 50.2 Å². The highest BCUT2D eigenvalue weighted by Crippen LogP contribution is 2.26. The number of nitrogens with one attached hydrogen (secondary N) is 1. The zero-order valence-electron chi connectivity index (χ0n) is 16.5. The molecule has 0 saturated carbocycles. The Morgan fingerprint density at radius 3 is 2.50 bits per heavy atom. The van der Waals surface area contributed by atoms with Gasteiger partial charge in [-0.1, -0.05) is 24.3 Å². The molecule has 1 aromatic heterocycles. The summed E-state index contributed by atoms with van der Waals surface area (Å²) in [6, 6.07) is 17.3. The highest BCUT2D eigenvalue weighted by atomic mass is 16.6. The van der Waals surface area contributed by atoms with Gasteiger partial charge in [-0.05, 0) is 60.9 Å². The van der Waals surface area contributed by atoms with Gasteiger partial charge >= 0.3 is 0 Å². The number of nitro benzene ring substituents is 1. The summed E-state index contributed by atoms with van der Waals surface area (Å²) in [7, 11) is 0. The highest BCUT2D eigenvalue weighted by Gasteiger charge is 2.18. The van der Waals surface area contributed by atoms with Crippen LogP contribution in [0.5, 0.6) is 0 Å². The van der Waals surface area contributed by atoms with Crippen molar-refractivity contribution >= 4 is 22.7 Å². The molecule has 150 valence electrons. The van der Waals surface area contributed by atoms with Crippen molar-refractivity contribution in [3.05, 3.63) is 93.0 Å². The van der Waals surface area contributed by atoms with Crippen molar-refractivity contribution in [3.8, 4) is 11.5 Å². The fourth-order valence-electron chi connectivity index (χ4n) is 3.17. The molecule has 4 aromatic rings. The lowest BCUT2D eigenvalue weighted by molar-refractivity contribution is -0.385. The Labute approximate surface area is 172 Å². The van der Waals surface area contributed by atoms with Gasteiger partial charge in [0.05, 0.1) is 4.92 Å². The maximum absolute atomic E-state index is 12.3. The summed E-state index contributed by atoms with van der Waals surface area (Å²) >= 11 is 0. The molecule has 30 heavy (non-hydrogen) atoms. The first-order chi connectivity index (χ1) is 14.4. The number of nitro groups is 1. The minimum atomic E-state index is -0.562. The van der Waals surface area contributed by atoms with E-state index in [0.717, 1.165) is 33.4 Å². The van der Waals surface area contributed by atoms with Crippen LogP contribution in [0.1, 0.15) is 27.0 Å². The third-order valence-corrected chi connectivity index (χ3v) is 5.00. The van der Waals surface area contributed by atoms with Gasteiger partial charge in [0.2, 0.25) is 5.89 Å². The number of carbonyl (C=O) groups excluding carboxylic acids is 1. The molecule has 1 amide bonds. The molecule has 0 bridgehead atoms. The molecular weight excluding hydrogens is 382 g/mol. The lowest BCUT2D eigenvalue weighted by Gasteiger charge is -2.06. The van der Waals surface area contributed by atoms with Crippen molar-refractivity contribution in [2.45, 2.75) is 20.4 Å². The lowest BCUT2D eigenvalue weighted by Crippen LogP contribution is -2.23. The van der Waals surface area contributed by atoms with Crippen molar-refractivity contribution in [1.29, 1.82) is 0 Å². The summed E-state index contributed by atoms with van der Waals surface area (Å²) in [6.45, 7) is 4.32. The Hall–Kier alpha value is -4.00. The number of aromatic nitrogens is 1. The molecule has 0 aliphatic rings. The first kappa shape index (κ1) is 19.3. The molecule has 4 rings (SSSR count). The summed E-state index contributed by atoms with van der Waals surface area (Å²) in [5.41, 5.74) is 5.37. The number of carbonyl (C=O) groups is 1. The van der Waals surface area contributed by atoms with Gasteiger partial charge in [0.1, 0.15) is 11.1 Å².